The Bertz CT molecular complexity index is 1330. The van der Waals surface area contributed by atoms with E-state index in [9.17, 15) is 0 Å². The fourth-order valence-corrected chi connectivity index (χ4v) is 5.82. The molecule has 0 radical (unpaired) electrons. The van der Waals surface area contributed by atoms with Crippen molar-refractivity contribution < 1.29 is 17.5 Å². The number of nitrogens with zero attached hydrogens (tertiary/aromatic N) is 2. The Labute approximate surface area is 181 Å². The molecule has 6 heteroatoms. The highest BCUT2D eigenvalue weighted by atomic mass is 19.2. The van der Waals surface area contributed by atoms with E-state index < -0.39 is 6.97 Å². The molecule has 2 aromatic heterocycles. The lowest BCUT2D eigenvalue weighted by molar-refractivity contribution is -0.363. The maximum absolute atomic E-state index is 16.2. The predicted molar refractivity (Wildman–Crippen MR) is 123 cm³/mol. The van der Waals surface area contributed by atoms with E-state index in [4.69, 9.17) is 4.42 Å². The second-order valence-corrected chi connectivity index (χ2v) is 8.63. The lowest BCUT2D eigenvalue weighted by atomic mass is 9.85. The van der Waals surface area contributed by atoms with Gasteiger partial charge in [-0.25, -0.2) is 0 Å². The van der Waals surface area contributed by atoms with Crippen molar-refractivity contribution in [3.8, 4) is 0 Å². The Morgan fingerprint density at radius 1 is 1.03 bits per heavy atom. The second-order valence-electron chi connectivity index (χ2n) is 8.63. The van der Waals surface area contributed by atoms with Gasteiger partial charge in [-0.05, 0) is 62.6 Å². The van der Waals surface area contributed by atoms with Crippen molar-refractivity contribution in [3.05, 3.63) is 75.5 Å². The van der Waals surface area contributed by atoms with Crippen LogP contribution in [0.2, 0.25) is 0 Å². The molecule has 0 unspecified atom stereocenters. The number of halogens is 2. The molecule has 0 spiro atoms. The molecule has 3 nitrogen and oxygen atoms in total. The summed E-state index contributed by atoms with van der Waals surface area (Å²) >= 11 is 0. The lowest BCUT2D eigenvalue weighted by Gasteiger charge is -2.33. The Hall–Kier alpha value is -2.89. The highest BCUT2D eigenvalue weighted by molar-refractivity contribution is 6.58. The average Bonchev–Trinajstić information content (AvgIpc) is 3.34. The molecule has 4 heterocycles. The SMILES string of the molecule is CCC1=C(C)C2=C(c3cc4ccccc4o3)c3c(C)c(CC)c(C)n3[B-](F)(F)[N+]2=C1C. The summed E-state index contributed by atoms with van der Waals surface area (Å²) in [5.41, 5.74) is 7.81. The molecule has 0 amide bonds. The Morgan fingerprint density at radius 3 is 2.39 bits per heavy atom. The van der Waals surface area contributed by atoms with Crippen molar-refractivity contribution in [1.82, 2.24) is 4.48 Å². The van der Waals surface area contributed by atoms with Crippen LogP contribution >= 0.6 is 0 Å². The highest BCUT2D eigenvalue weighted by Crippen LogP contribution is 2.47. The van der Waals surface area contributed by atoms with E-state index in [1.807, 2.05) is 71.9 Å². The summed E-state index contributed by atoms with van der Waals surface area (Å²) in [5.74, 6) is 0.640. The third kappa shape index (κ3) is 2.42. The predicted octanol–water partition coefficient (Wildman–Crippen LogP) is 6.62. The monoisotopic (exact) mass is 420 g/mol. The van der Waals surface area contributed by atoms with Crippen LogP contribution in [0.15, 0.2) is 51.6 Å². The first-order valence-electron chi connectivity index (χ1n) is 11.0. The van der Waals surface area contributed by atoms with E-state index in [2.05, 4.69) is 0 Å². The molecule has 0 atom stereocenters. The van der Waals surface area contributed by atoms with E-state index in [-0.39, 0.29) is 0 Å². The van der Waals surface area contributed by atoms with Crippen molar-refractivity contribution in [2.75, 3.05) is 0 Å². The van der Waals surface area contributed by atoms with Gasteiger partial charge in [-0.15, -0.1) is 0 Å². The molecule has 1 aromatic carbocycles. The minimum absolute atomic E-state index is 0.592. The van der Waals surface area contributed by atoms with Crippen LogP contribution in [0.5, 0.6) is 0 Å². The molecule has 160 valence electrons. The van der Waals surface area contributed by atoms with Gasteiger partial charge in [-0.3, -0.25) is 0 Å². The molecule has 0 N–H and O–H groups in total. The molecule has 2 aliphatic heterocycles. The van der Waals surface area contributed by atoms with E-state index in [0.717, 1.165) is 38.8 Å². The first-order chi connectivity index (χ1) is 14.7. The largest absolute Gasteiger partial charge is 0.737 e. The van der Waals surface area contributed by atoms with Gasteiger partial charge in [0.25, 0.3) is 0 Å². The number of rotatable bonds is 3. The van der Waals surface area contributed by atoms with E-state index >= 15 is 8.63 Å². The van der Waals surface area contributed by atoms with Crippen molar-refractivity contribution >= 4 is 29.2 Å². The lowest BCUT2D eigenvalue weighted by Crippen LogP contribution is -2.51. The smallest absolute Gasteiger partial charge is 0.456 e. The number of fused-ring (bicyclic) bond motifs is 3. The summed E-state index contributed by atoms with van der Waals surface area (Å²) < 4.78 is 41.3. The number of allylic oxidation sites excluding steroid dienone is 2. The van der Waals surface area contributed by atoms with Gasteiger partial charge in [0.05, 0.1) is 0 Å². The summed E-state index contributed by atoms with van der Waals surface area (Å²) in [6, 6.07) is 9.79. The summed E-state index contributed by atoms with van der Waals surface area (Å²) in [5, 5.41) is 0.972. The van der Waals surface area contributed by atoms with Gasteiger partial charge < -0.3 is 22.0 Å². The van der Waals surface area contributed by atoms with E-state index in [1.54, 1.807) is 0 Å². The van der Waals surface area contributed by atoms with Gasteiger partial charge in [-0.1, -0.05) is 32.0 Å². The summed E-state index contributed by atoms with van der Waals surface area (Å²) in [6.45, 7) is 7.61. The van der Waals surface area contributed by atoms with Crippen molar-refractivity contribution in [2.45, 2.75) is 54.4 Å². The van der Waals surface area contributed by atoms with Gasteiger partial charge in [0.15, 0.2) is 5.70 Å². The maximum Gasteiger partial charge on any atom is 0.737 e. The third-order valence-electron chi connectivity index (χ3n) is 7.17. The molecule has 0 saturated carbocycles. The van der Waals surface area contributed by atoms with E-state index in [0.29, 0.717) is 41.4 Å². The summed E-state index contributed by atoms with van der Waals surface area (Å²) in [7, 11) is 0. The maximum atomic E-state index is 16.2. The molecule has 31 heavy (non-hydrogen) atoms. The number of para-hydroxylation sites is 1. The van der Waals surface area contributed by atoms with Crippen LogP contribution < -0.4 is 0 Å². The first kappa shape index (κ1) is 20.0. The molecule has 2 aliphatic rings. The number of hydrogen-bond donors (Lipinski definition) is 0. The van der Waals surface area contributed by atoms with Crippen LogP contribution in [0.1, 0.15) is 62.4 Å². The molecule has 0 saturated heterocycles. The second kappa shape index (κ2) is 6.55. The number of aromatic nitrogens is 1. The Balaban J connectivity index is 1.98. The Morgan fingerprint density at radius 2 is 1.74 bits per heavy atom. The molecule has 0 aliphatic carbocycles. The minimum atomic E-state index is -4.01. The van der Waals surface area contributed by atoms with Crippen LogP contribution in [0.25, 0.3) is 16.5 Å². The van der Waals surface area contributed by atoms with Crippen molar-refractivity contribution in [3.63, 3.8) is 0 Å². The summed E-state index contributed by atoms with van der Waals surface area (Å²) in [6.07, 6.45) is 1.43. The van der Waals surface area contributed by atoms with Gasteiger partial charge in [-0.2, -0.15) is 0 Å². The van der Waals surface area contributed by atoms with Crippen LogP contribution in [-0.2, 0) is 6.42 Å². The molecule has 3 aromatic rings. The van der Waals surface area contributed by atoms with Crippen LogP contribution in [-0.4, -0.2) is 21.6 Å². The fraction of sp³-hybridized carbons (Fsp3) is 0.320. The fourth-order valence-electron chi connectivity index (χ4n) is 5.82. The minimum Gasteiger partial charge on any atom is -0.456 e. The standard InChI is InChI=1S/C25H27BF2N2O/c1-7-19-14(3)24-23(22-13-18-11-9-10-12-21(18)31-22)25-15(4)20(8-2)17(6)30(25)26(27,28)29(24)16(19)5/h9-13H,7-8H2,1-6H3. The number of furan rings is 1. The van der Waals surface area contributed by atoms with Crippen LogP contribution in [0, 0.1) is 13.8 Å². The van der Waals surface area contributed by atoms with Crippen LogP contribution in [0.3, 0.4) is 0 Å². The molecular weight excluding hydrogens is 393 g/mol. The number of benzene rings is 1. The number of hydrogen-bond acceptors (Lipinski definition) is 1. The van der Waals surface area contributed by atoms with Gasteiger partial charge in [0, 0.05) is 29.2 Å². The van der Waals surface area contributed by atoms with Gasteiger partial charge in [0.2, 0.25) is 0 Å². The topological polar surface area (TPSA) is 21.1 Å². The molecule has 0 bridgehead atoms. The third-order valence-corrected chi connectivity index (χ3v) is 7.17. The quantitative estimate of drug-likeness (QED) is 0.436. The van der Waals surface area contributed by atoms with Crippen molar-refractivity contribution in [2.24, 2.45) is 0 Å². The average molecular weight is 420 g/mol. The summed E-state index contributed by atoms with van der Waals surface area (Å²) in [4.78, 5) is 0. The highest BCUT2D eigenvalue weighted by Gasteiger charge is 2.57. The molecule has 0 fully saturated rings. The normalized spacial score (nSPS) is 17.8. The van der Waals surface area contributed by atoms with Crippen molar-refractivity contribution in [1.29, 1.82) is 0 Å². The van der Waals surface area contributed by atoms with Gasteiger partial charge >= 0.3 is 6.97 Å². The van der Waals surface area contributed by atoms with E-state index in [1.165, 1.54) is 8.96 Å². The van der Waals surface area contributed by atoms with Crippen LogP contribution in [0.4, 0.5) is 8.63 Å². The first-order valence-corrected chi connectivity index (χ1v) is 11.0. The zero-order chi connectivity index (χ0) is 22.2. The Kier molecular flexibility index (Phi) is 4.24. The van der Waals surface area contributed by atoms with Gasteiger partial charge in [0.1, 0.15) is 22.6 Å². The molecule has 5 rings (SSSR count). The molecular formula is C25H27BF2N2O. The zero-order valence-corrected chi connectivity index (χ0v) is 18.9. The zero-order valence-electron chi connectivity index (χ0n) is 18.9.